The van der Waals surface area contributed by atoms with Gasteiger partial charge in [-0.3, -0.25) is 19.3 Å². The monoisotopic (exact) mass is 276 g/mol. The average Bonchev–Trinajstić information content (AvgIpc) is 3.03. The average molecular weight is 276 g/mol. The van der Waals surface area contributed by atoms with Crippen LogP contribution in [0.5, 0.6) is 0 Å². The van der Waals surface area contributed by atoms with Crippen LogP contribution < -0.4 is 5.32 Å². The summed E-state index contributed by atoms with van der Waals surface area (Å²) < 4.78 is 0. The molecule has 5 nitrogen and oxygen atoms in total. The molecule has 1 saturated carbocycles. The van der Waals surface area contributed by atoms with Crippen molar-refractivity contribution in [1.82, 2.24) is 10.2 Å². The third-order valence-corrected chi connectivity index (χ3v) is 4.62. The molecule has 0 unspecified atom stereocenters. The molecule has 0 radical (unpaired) electrons. The van der Waals surface area contributed by atoms with Crippen molar-refractivity contribution in [3.8, 4) is 0 Å². The first-order valence-electron chi connectivity index (χ1n) is 7.46. The minimum Gasteiger partial charge on any atom is -0.352 e. The first kappa shape index (κ1) is 13.3. The lowest BCUT2D eigenvalue weighted by molar-refractivity contribution is -0.143. The molecule has 1 saturated heterocycles. The summed E-state index contributed by atoms with van der Waals surface area (Å²) >= 11 is 0. The molecule has 108 valence electrons. The van der Waals surface area contributed by atoms with Crippen molar-refractivity contribution >= 4 is 17.7 Å². The molecule has 0 aromatic rings. The minimum absolute atomic E-state index is 0.110. The smallest absolute Gasteiger partial charge is 0.240 e. The Labute approximate surface area is 118 Å². The van der Waals surface area contributed by atoms with Gasteiger partial charge in [-0.1, -0.05) is 25.0 Å². The zero-order chi connectivity index (χ0) is 14.1. The van der Waals surface area contributed by atoms with Gasteiger partial charge in [0.05, 0.1) is 11.8 Å². The number of nitrogens with one attached hydrogen (secondary N) is 1. The number of nitrogens with zero attached hydrogens (tertiary/aromatic N) is 1. The van der Waals surface area contributed by atoms with Crippen LogP contribution in [0.3, 0.4) is 0 Å². The third-order valence-electron chi connectivity index (χ3n) is 4.62. The lowest BCUT2D eigenvalue weighted by Crippen LogP contribution is -2.43. The summed E-state index contributed by atoms with van der Waals surface area (Å²) in [4.78, 5) is 37.6. The van der Waals surface area contributed by atoms with Crippen molar-refractivity contribution in [3.05, 3.63) is 12.2 Å². The predicted octanol–water partition coefficient (Wildman–Crippen LogP) is 0.996. The molecule has 1 heterocycles. The van der Waals surface area contributed by atoms with E-state index >= 15 is 0 Å². The number of rotatable bonds is 3. The van der Waals surface area contributed by atoms with E-state index in [1.165, 1.54) is 0 Å². The maximum atomic E-state index is 12.2. The predicted molar refractivity (Wildman–Crippen MR) is 72.5 cm³/mol. The van der Waals surface area contributed by atoms with Crippen molar-refractivity contribution < 1.29 is 14.4 Å². The van der Waals surface area contributed by atoms with Crippen molar-refractivity contribution in [2.75, 3.05) is 6.54 Å². The van der Waals surface area contributed by atoms with Gasteiger partial charge in [-0.25, -0.2) is 0 Å². The molecule has 20 heavy (non-hydrogen) atoms. The number of likely N-dealkylation sites (tertiary alicyclic amines) is 1. The Bertz CT molecular complexity index is 440. The summed E-state index contributed by atoms with van der Waals surface area (Å²) in [7, 11) is 0. The fraction of sp³-hybridized carbons (Fsp3) is 0.667. The second-order valence-corrected chi connectivity index (χ2v) is 5.97. The summed E-state index contributed by atoms with van der Waals surface area (Å²) in [5, 5.41) is 2.93. The highest BCUT2D eigenvalue weighted by Gasteiger charge is 2.47. The van der Waals surface area contributed by atoms with Crippen molar-refractivity contribution in [3.63, 3.8) is 0 Å². The Hall–Kier alpha value is -1.65. The maximum Gasteiger partial charge on any atom is 0.240 e. The van der Waals surface area contributed by atoms with E-state index < -0.39 is 0 Å². The Morgan fingerprint density at radius 3 is 2.20 bits per heavy atom. The summed E-state index contributed by atoms with van der Waals surface area (Å²) in [5.74, 6) is -1.04. The highest BCUT2D eigenvalue weighted by atomic mass is 16.2. The van der Waals surface area contributed by atoms with E-state index in [0.29, 0.717) is 12.8 Å². The van der Waals surface area contributed by atoms with Gasteiger partial charge in [-0.05, 0) is 25.7 Å². The highest BCUT2D eigenvalue weighted by Crippen LogP contribution is 2.34. The molecule has 0 aromatic carbocycles. The zero-order valence-electron chi connectivity index (χ0n) is 11.5. The first-order chi connectivity index (χ1) is 9.66. The third kappa shape index (κ3) is 2.37. The molecule has 3 rings (SSSR count). The molecule has 2 atom stereocenters. The topological polar surface area (TPSA) is 66.5 Å². The lowest BCUT2D eigenvalue weighted by Gasteiger charge is -2.17. The molecule has 3 amide bonds. The van der Waals surface area contributed by atoms with E-state index in [4.69, 9.17) is 0 Å². The molecule has 5 heteroatoms. The molecular formula is C15H20N2O3. The fourth-order valence-electron chi connectivity index (χ4n) is 3.51. The Balaban J connectivity index is 1.61. The van der Waals surface area contributed by atoms with Crippen LogP contribution in [-0.2, 0) is 14.4 Å². The van der Waals surface area contributed by atoms with Crippen LogP contribution in [0.2, 0.25) is 0 Å². The summed E-state index contributed by atoms with van der Waals surface area (Å²) in [6.45, 7) is -0.110. The van der Waals surface area contributed by atoms with Crippen LogP contribution in [0.4, 0.5) is 0 Å². The van der Waals surface area contributed by atoms with Gasteiger partial charge in [-0.15, -0.1) is 0 Å². The molecule has 2 fully saturated rings. The molecule has 1 aliphatic heterocycles. The van der Waals surface area contributed by atoms with Crippen LogP contribution in [0.25, 0.3) is 0 Å². The second-order valence-electron chi connectivity index (χ2n) is 5.97. The number of carbonyl (C=O) groups is 3. The van der Waals surface area contributed by atoms with Crippen molar-refractivity contribution in [1.29, 1.82) is 0 Å². The molecule has 2 aliphatic carbocycles. The van der Waals surface area contributed by atoms with Crippen LogP contribution in [-0.4, -0.2) is 35.2 Å². The minimum atomic E-state index is -0.244. The number of hydrogen-bond donors (Lipinski definition) is 1. The van der Waals surface area contributed by atoms with Crippen LogP contribution in [0, 0.1) is 11.8 Å². The van der Waals surface area contributed by atoms with Crippen LogP contribution in [0.15, 0.2) is 12.2 Å². The Kier molecular flexibility index (Phi) is 3.59. The lowest BCUT2D eigenvalue weighted by atomic mass is 9.85. The molecule has 0 bridgehead atoms. The quantitative estimate of drug-likeness (QED) is 0.617. The molecular weight excluding hydrogens is 256 g/mol. The Morgan fingerprint density at radius 2 is 1.65 bits per heavy atom. The highest BCUT2D eigenvalue weighted by molar-refractivity contribution is 6.07. The molecule has 0 aromatic heterocycles. The van der Waals surface area contributed by atoms with Crippen molar-refractivity contribution in [2.24, 2.45) is 11.8 Å². The van der Waals surface area contributed by atoms with E-state index in [2.05, 4.69) is 5.32 Å². The van der Waals surface area contributed by atoms with E-state index in [0.717, 1.165) is 30.6 Å². The number of fused-ring (bicyclic) bond motifs is 1. The Morgan fingerprint density at radius 1 is 1.10 bits per heavy atom. The number of hydrogen-bond acceptors (Lipinski definition) is 3. The maximum absolute atomic E-state index is 12.2. The molecule has 1 N–H and O–H groups in total. The van der Waals surface area contributed by atoms with E-state index in [-0.39, 0.29) is 42.1 Å². The number of amides is 3. The van der Waals surface area contributed by atoms with Gasteiger partial charge in [0, 0.05) is 6.04 Å². The van der Waals surface area contributed by atoms with Crippen LogP contribution in [0.1, 0.15) is 38.5 Å². The van der Waals surface area contributed by atoms with Crippen LogP contribution >= 0.6 is 0 Å². The van der Waals surface area contributed by atoms with E-state index in [1.54, 1.807) is 0 Å². The second kappa shape index (κ2) is 5.38. The normalized spacial score (nSPS) is 29.9. The van der Waals surface area contributed by atoms with Gasteiger partial charge in [0.15, 0.2) is 0 Å². The first-order valence-corrected chi connectivity index (χ1v) is 7.46. The van der Waals surface area contributed by atoms with Crippen molar-refractivity contribution in [2.45, 2.75) is 44.6 Å². The number of carbonyl (C=O) groups excluding carboxylic acids is 3. The van der Waals surface area contributed by atoms with Gasteiger partial charge in [-0.2, -0.15) is 0 Å². The standard InChI is InChI=1S/C15H20N2O3/c18-13(16-10-5-1-2-6-10)9-17-14(19)11-7-3-4-8-12(11)15(17)20/h3-4,10-12H,1-2,5-9H2,(H,16,18)/t11-,12-/m1/s1. The SMILES string of the molecule is O=C(CN1C(=O)[C@@H]2CC=CC[C@H]2C1=O)NC1CCCC1. The van der Waals surface area contributed by atoms with Gasteiger partial charge < -0.3 is 5.32 Å². The van der Waals surface area contributed by atoms with Gasteiger partial charge in [0.2, 0.25) is 17.7 Å². The zero-order valence-corrected chi connectivity index (χ0v) is 11.5. The van der Waals surface area contributed by atoms with Gasteiger partial charge in [0.1, 0.15) is 6.54 Å². The molecule has 0 spiro atoms. The summed E-state index contributed by atoms with van der Waals surface area (Å²) in [5.41, 5.74) is 0. The largest absolute Gasteiger partial charge is 0.352 e. The number of allylic oxidation sites excluding steroid dienone is 2. The van der Waals surface area contributed by atoms with E-state index in [9.17, 15) is 14.4 Å². The summed E-state index contributed by atoms with van der Waals surface area (Å²) in [6, 6.07) is 0.222. The van der Waals surface area contributed by atoms with Gasteiger partial charge >= 0.3 is 0 Å². The summed E-state index contributed by atoms with van der Waals surface area (Å²) in [6.07, 6.45) is 9.44. The number of imide groups is 1. The molecule has 3 aliphatic rings. The fourth-order valence-corrected chi connectivity index (χ4v) is 3.51. The van der Waals surface area contributed by atoms with E-state index in [1.807, 2.05) is 12.2 Å². The van der Waals surface area contributed by atoms with Gasteiger partial charge in [0.25, 0.3) is 0 Å².